The van der Waals surface area contributed by atoms with Gasteiger partial charge in [-0.15, -0.1) is 0 Å². The predicted molar refractivity (Wildman–Crippen MR) is 91.7 cm³/mol. The fourth-order valence-electron chi connectivity index (χ4n) is 4.71. The Hall–Kier alpha value is -0.860. The minimum absolute atomic E-state index is 0.00931. The molecule has 0 unspecified atom stereocenters. The van der Waals surface area contributed by atoms with E-state index in [1.165, 1.54) is 0 Å². The first-order chi connectivity index (χ1) is 12.1. The van der Waals surface area contributed by atoms with Crippen LogP contribution in [0, 0.1) is 11.8 Å². The van der Waals surface area contributed by atoms with Gasteiger partial charge in [-0.05, 0) is 33.7 Å². The number of hydrogen-bond donors (Lipinski definition) is 1. The molecule has 0 aromatic carbocycles. The van der Waals surface area contributed by atoms with Crippen molar-refractivity contribution in [3.63, 3.8) is 0 Å². The molecule has 26 heavy (non-hydrogen) atoms. The van der Waals surface area contributed by atoms with Crippen molar-refractivity contribution in [1.29, 1.82) is 0 Å². The topological polar surface area (TPSA) is 44.8 Å². The number of hydrogen-bond acceptors (Lipinski definition) is 4. The number of fused-ring (bicyclic) bond motifs is 1. The van der Waals surface area contributed by atoms with Crippen molar-refractivity contribution < 1.29 is 22.7 Å². The second-order valence-electron chi connectivity index (χ2n) is 8.44. The van der Waals surface area contributed by atoms with E-state index in [0.29, 0.717) is 32.2 Å². The van der Waals surface area contributed by atoms with Crippen LogP contribution in [0.2, 0.25) is 0 Å². The van der Waals surface area contributed by atoms with E-state index in [0.717, 1.165) is 12.8 Å². The van der Waals surface area contributed by atoms with Gasteiger partial charge in [0, 0.05) is 44.1 Å². The second kappa shape index (κ2) is 7.28. The molecule has 3 fully saturated rings. The molecule has 0 aliphatic carbocycles. The SMILES string of the molecule is CC(C)N(C)CC(=O)NC[C@H]1[C@H]2CN(CCC(F)(F)F)C[C@]23CC[C@H]1O3. The largest absolute Gasteiger partial charge is 0.390 e. The Morgan fingerprint density at radius 3 is 2.81 bits per heavy atom. The molecule has 3 aliphatic heterocycles. The zero-order valence-electron chi connectivity index (χ0n) is 15.8. The van der Waals surface area contributed by atoms with E-state index in [-0.39, 0.29) is 36.0 Å². The van der Waals surface area contributed by atoms with Gasteiger partial charge in [-0.3, -0.25) is 14.6 Å². The minimum atomic E-state index is -4.12. The van der Waals surface area contributed by atoms with Gasteiger partial charge < -0.3 is 10.1 Å². The van der Waals surface area contributed by atoms with E-state index in [1.807, 2.05) is 30.7 Å². The molecule has 5 nitrogen and oxygen atoms in total. The highest BCUT2D eigenvalue weighted by atomic mass is 19.4. The first kappa shape index (κ1) is 19.9. The number of carbonyl (C=O) groups excluding carboxylic acids is 1. The van der Waals surface area contributed by atoms with E-state index < -0.39 is 12.6 Å². The number of rotatable bonds is 7. The van der Waals surface area contributed by atoms with Gasteiger partial charge >= 0.3 is 6.18 Å². The molecule has 3 aliphatic rings. The molecule has 3 rings (SSSR count). The van der Waals surface area contributed by atoms with Gasteiger partial charge in [0.1, 0.15) is 0 Å². The monoisotopic (exact) mass is 377 g/mol. The standard InChI is InChI=1S/C18H30F3N3O2/c1-12(2)23(3)10-16(25)22-8-13-14-9-24(7-6-18(19,20)21)11-17(14)5-4-15(13)26-17/h12-15H,4-11H2,1-3H3,(H,22,25)/t13-,14+,15+,17+/m0/s1. The van der Waals surface area contributed by atoms with Gasteiger partial charge in [-0.1, -0.05) is 0 Å². The van der Waals surface area contributed by atoms with E-state index in [1.54, 1.807) is 0 Å². The predicted octanol–water partition coefficient (Wildman–Crippen LogP) is 1.87. The highest BCUT2D eigenvalue weighted by Crippen LogP contribution is 2.54. The van der Waals surface area contributed by atoms with Crippen LogP contribution in [-0.4, -0.2) is 79.4 Å². The summed E-state index contributed by atoms with van der Waals surface area (Å²) in [5.41, 5.74) is -0.291. The van der Waals surface area contributed by atoms with Gasteiger partial charge in [0.25, 0.3) is 0 Å². The molecule has 1 N–H and O–H groups in total. The maximum Gasteiger partial charge on any atom is 0.390 e. The van der Waals surface area contributed by atoms with E-state index in [2.05, 4.69) is 5.32 Å². The van der Waals surface area contributed by atoms with Crippen LogP contribution < -0.4 is 5.32 Å². The Kier molecular flexibility index (Phi) is 5.57. The Bertz CT molecular complexity index is 528. The van der Waals surface area contributed by atoms with E-state index >= 15 is 0 Å². The average Bonchev–Trinajstić information content (AvgIpc) is 3.17. The van der Waals surface area contributed by atoms with Crippen molar-refractivity contribution in [3.8, 4) is 0 Å². The van der Waals surface area contributed by atoms with Gasteiger partial charge in [0.2, 0.25) is 5.91 Å². The van der Waals surface area contributed by atoms with Crippen LogP contribution in [0.5, 0.6) is 0 Å². The quantitative estimate of drug-likeness (QED) is 0.736. The highest BCUT2D eigenvalue weighted by Gasteiger charge is 2.62. The first-order valence-electron chi connectivity index (χ1n) is 9.53. The summed E-state index contributed by atoms with van der Waals surface area (Å²) < 4.78 is 43.8. The second-order valence-corrected chi connectivity index (χ2v) is 8.44. The summed E-state index contributed by atoms with van der Waals surface area (Å²) in [6.07, 6.45) is -2.90. The summed E-state index contributed by atoms with van der Waals surface area (Å²) in [5, 5.41) is 3.02. The molecule has 0 aromatic heterocycles. The Labute approximate surface area is 153 Å². The lowest BCUT2D eigenvalue weighted by molar-refractivity contribution is -0.138. The van der Waals surface area contributed by atoms with Gasteiger partial charge in [0.05, 0.1) is 24.7 Å². The zero-order chi connectivity index (χ0) is 19.1. The van der Waals surface area contributed by atoms with Crippen LogP contribution in [0.4, 0.5) is 13.2 Å². The number of alkyl halides is 3. The Morgan fingerprint density at radius 1 is 1.42 bits per heavy atom. The molecule has 0 radical (unpaired) electrons. The fourth-order valence-corrected chi connectivity index (χ4v) is 4.71. The number of halogens is 3. The lowest BCUT2D eigenvalue weighted by Gasteiger charge is -2.30. The molecule has 8 heteroatoms. The average molecular weight is 377 g/mol. The molecule has 1 spiro atoms. The van der Waals surface area contributed by atoms with Gasteiger partial charge in [-0.25, -0.2) is 0 Å². The molecule has 3 saturated heterocycles. The number of likely N-dealkylation sites (N-methyl/N-ethyl adjacent to an activating group) is 1. The maximum absolute atomic E-state index is 12.5. The minimum Gasteiger partial charge on any atom is -0.370 e. The van der Waals surface area contributed by atoms with Crippen LogP contribution in [-0.2, 0) is 9.53 Å². The molecular weight excluding hydrogens is 347 g/mol. The number of ether oxygens (including phenoxy) is 1. The third-order valence-corrected chi connectivity index (χ3v) is 6.38. The number of likely N-dealkylation sites (tertiary alicyclic amines) is 1. The number of nitrogens with zero attached hydrogens (tertiary/aromatic N) is 2. The Morgan fingerprint density at radius 2 is 2.15 bits per heavy atom. The lowest BCUT2D eigenvalue weighted by atomic mass is 9.73. The molecule has 3 heterocycles. The molecule has 150 valence electrons. The van der Waals surface area contributed by atoms with E-state index in [4.69, 9.17) is 4.74 Å². The van der Waals surface area contributed by atoms with Crippen LogP contribution in [0.1, 0.15) is 33.1 Å². The zero-order valence-corrected chi connectivity index (χ0v) is 15.8. The molecule has 0 saturated carbocycles. The van der Waals surface area contributed by atoms with E-state index in [9.17, 15) is 18.0 Å². The van der Waals surface area contributed by atoms with Crippen LogP contribution in [0.3, 0.4) is 0 Å². The smallest absolute Gasteiger partial charge is 0.370 e. The number of amides is 1. The van der Waals surface area contributed by atoms with Crippen molar-refractivity contribution in [1.82, 2.24) is 15.1 Å². The first-order valence-corrected chi connectivity index (χ1v) is 9.53. The van der Waals surface area contributed by atoms with Gasteiger partial charge in [0.15, 0.2) is 0 Å². The summed E-state index contributed by atoms with van der Waals surface area (Å²) in [4.78, 5) is 16.0. The summed E-state index contributed by atoms with van der Waals surface area (Å²) in [6.45, 7) is 6.24. The molecule has 0 aromatic rings. The number of nitrogens with one attached hydrogen (secondary N) is 1. The normalized spacial score (nSPS) is 34.1. The van der Waals surface area contributed by atoms with Crippen LogP contribution >= 0.6 is 0 Å². The third-order valence-electron chi connectivity index (χ3n) is 6.38. The third kappa shape index (κ3) is 4.17. The van der Waals surface area contributed by atoms with Crippen molar-refractivity contribution in [2.75, 3.05) is 39.8 Å². The van der Waals surface area contributed by atoms with Crippen molar-refractivity contribution in [2.24, 2.45) is 11.8 Å². The van der Waals surface area contributed by atoms with Crippen LogP contribution in [0.15, 0.2) is 0 Å². The molecule has 4 atom stereocenters. The summed E-state index contributed by atoms with van der Waals surface area (Å²) in [6, 6.07) is 0.298. The Balaban J connectivity index is 1.53. The summed E-state index contributed by atoms with van der Waals surface area (Å²) in [7, 11) is 1.91. The molecule has 2 bridgehead atoms. The maximum atomic E-state index is 12.5. The van der Waals surface area contributed by atoms with Gasteiger partial charge in [-0.2, -0.15) is 13.2 Å². The molecular formula is C18H30F3N3O2. The van der Waals surface area contributed by atoms with Crippen LogP contribution in [0.25, 0.3) is 0 Å². The highest BCUT2D eigenvalue weighted by molar-refractivity contribution is 5.78. The lowest BCUT2D eigenvalue weighted by Crippen LogP contribution is -2.44. The molecule has 1 amide bonds. The fraction of sp³-hybridized carbons (Fsp3) is 0.944. The summed E-state index contributed by atoms with van der Waals surface area (Å²) >= 11 is 0. The van der Waals surface area contributed by atoms with Crippen molar-refractivity contribution in [2.45, 2.75) is 57.0 Å². The number of carbonyl (C=O) groups is 1. The van der Waals surface area contributed by atoms with Crippen molar-refractivity contribution in [3.05, 3.63) is 0 Å². The summed E-state index contributed by atoms with van der Waals surface area (Å²) in [5.74, 6) is 0.413. The van der Waals surface area contributed by atoms with Crippen molar-refractivity contribution >= 4 is 5.91 Å².